The molecule has 0 aliphatic rings. The first-order chi connectivity index (χ1) is 25.2. The van der Waals surface area contributed by atoms with Gasteiger partial charge in [-0.3, -0.25) is 4.79 Å². The summed E-state index contributed by atoms with van der Waals surface area (Å²) in [6.45, 7) is 7.01. The van der Waals surface area contributed by atoms with Crippen LogP contribution in [0.25, 0.3) is 20.9 Å². The predicted octanol–water partition coefficient (Wildman–Crippen LogP) is 3.60. The first kappa shape index (κ1) is 46.3. The van der Waals surface area contributed by atoms with Crippen molar-refractivity contribution in [2.45, 2.75) is 43.6 Å². The maximum atomic E-state index is 13.2. The molecule has 0 saturated carbocycles. The van der Waals surface area contributed by atoms with E-state index in [1.54, 1.807) is 17.0 Å². The van der Waals surface area contributed by atoms with Crippen molar-refractivity contribution in [2.75, 3.05) is 118 Å². The third kappa shape index (κ3) is 24.5. The van der Waals surface area contributed by atoms with Crippen LogP contribution in [-0.2, 0) is 47.8 Å². The topological polar surface area (TPSA) is 246 Å². The fourth-order valence-corrected chi connectivity index (χ4v) is 5.84. The second kappa shape index (κ2) is 30.9. The van der Waals surface area contributed by atoms with Gasteiger partial charge in [0, 0.05) is 49.5 Å². The Bertz CT molecular complexity index is 1270. The molecule has 1 aromatic carbocycles. The molecule has 2 amide bonds. The van der Waals surface area contributed by atoms with Gasteiger partial charge in [-0.25, -0.2) is 13.2 Å². The van der Waals surface area contributed by atoms with Crippen LogP contribution < -0.4 is 5.32 Å². The third-order valence-electron chi connectivity index (χ3n) is 7.08. The molecule has 0 spiro atoms. The van der Waals surface area contributed by atoms with Crippen molar-refractivity contribution in [1.29, 1.82) is 0 Å². The maximum absolute atomic E-state index is 13.2. The van der Waals surface area contributed by atoms with Crippen molar-refractivity contribution in [3.05, 3.63) is 50.7 Å². The van der Waals surface area contributed by atoms with Crippen LogP contribution in [0.4, 0.5) is 4.79 Å². The number of ether oxygens (including phenoxy) is 7. The van der Waals surface area contributed by atoms with E-state index in [9.17, 15) is 18.0 Å². The molecule has 0 bridgehead atoms. The molecule has 0 saturated heterocycles. The van der Waals surface area contributed by atoms with Gasteiger partial charge >= 0.3 is 6.09 Å². The molecule has 0 aliphatic heterocycles. The fraction of sp³-hybridized carbons (Fsp3) is 0.750. The largest absolute Gasteiger partial charge is 0.445 e. The number of carbonyl (C=O) groups is 2. The Morgan fingerprint density at radius 1 is 0.750 bits per heavy atom. The zero-order valence-electron chi connectivity index (χ0n) is 30.3. The van der Waals surface area contributed by atoms with E-state index in [2.05, 4.69) is 25.4 Å². The first-order valence-corrected chi connectivity index (χ1v) is 18.8. The van der Waals surface area contributed by atoms with Crippen LogP contribution in [0.3, 0.4) is 0 Å². The summed E-state index contributed by atoms with van der Waals surface area (Å²) in [5, 5.41) is 9.12. The SMILES string of the molecule is CNC(=O)OC(CCCCC(=O)N(CCOCCOCCOCCN=[N+]=[N-])CCOCCOCCOCCN=[N+]=[N-])CS(=O)(=O)c1ccc(C)cc1. The van der Waals surface area contributed by atoms with Crippen LogP contribution in [-0.4, -0.2) is 150 Å². The van der Waals surface area contributed by atoms with E-state index in [1.165, 1.54) is 19.2 Å². The molecule has 20 heteroatoms. The Kier molecular flexibility index (Phi) is 27.5. The van der Waals surface area contributed by atoms with E-state index in [0.29, 0.717) is 92.0 Å². The lowest BCUT2D eigenvalue weighted by molar-refractivity contribution is -0.133. The Morgan fingerprint density at radius 2 is 1.21 bits per heavy atom. The van der Waals surface area contributed by atoms with E-state index in [1.807, 2.05) is 6.92 Å². The smallest absolute Gasteiger partial charge is 0.407 e. The lowest BCUT2D eigenvalue weighted by Crippen LogP contribution is -2.37. The summed E-state index contributed by atoms with van der Waals surface area (Å²) in [4.78, 5) is 32.3. The second-order valence-corrected chi connectivity index (χ2v) is 13.1. The van der Waals surface area contributed by atoms with Crippen molar-refractivity contribution >= 4 is 21.8 Å². The number of hydrogen-bond acceptors (Lipinski definition) is 13. The molecule has 1 N–H and O–H groups in total. The molecule has 1 unspecified atom stereocenters. The van der Waals surface area contributed by atoms with Crippen molar-refractivity contribution in [3.8, 4) is 0 Å². The number of azide groups is 2. The molecule has 0 heterocycles. The number of unbranched alkanes of at least 4 members (excludes halogenated alkanes) is 1. The van der Waals surface area contributed by atoms with Crippen LogP contribution in [0.1, 0.15) is 31.2 Å². The number of nitrogens with zero attached hydrogens (tertiary/aromatic N) is 7. The van der Waals surface area contributed by atoms with Gasteiger partial charge in [0.1, 0.15) is 6.10 Å². The molecule has 1 atom stereocenters. The monoisotopic (exact) mass is 758 g/mol. The molecular formula is C32H54N8O11S. The Hall–Kier alpha value is -3.71. The van der Waals surface area contributed by atoms with Crippen molar-refractivity contribution in [1.82, 2.24) is 10.2 Å². The highest BCUT2D eigenvalue weighted by Gasteiger charge is 2.24. The van der Waals surface area contributed by atoms with Gasteiger partial charge in [0.2, 0.25) is 5.91 Å². The molecule has 0 fully saturated rings. The van der Waals surface area contributed by atoms with Crippen LogP contribution in [0, 0.1) is 6.92 Å². The minimum Gasteiger partial charge on any atom is -0.445 e. The van der Waals surface area contributed by atoms with Gasteiger partial charge in [-0.2, -0.15) is 0 Å². The zero-order chi connectivity index (χ0) is 38.1. The molecule has 1 rings (SSSR count). The van der Waals surface area contributed by atoms with Gasteiger partial charge in [0.05, 0.1) is 89.9 Å². The summed E-state index contributed by atoms with van der Waals surface area (Å²) in [5.41, 5.74) is 17.4. The summed E-state index contributed by atoms with van der Waals surface area (Å²) in [6, 6.07) is 6.48. The number of nitrogens with one attached hydrogen (secondary N) is 1. The normalized spacial score (nSPS) is 11.7. The van der Waals surface area contributed by atoms with Crippen molar-refractivity contribution < 1.29 is 51.2 Å². The van der Waals surface area contributed by atoms with E-state index in [0.717, 1.165) is 5.56 Å². The number of sulfone groups is 1. The van der Waals surface area contributed by atoms with Crippen LogP contribution in [0.5, 0.6) is 0 Å². The van der Waals surface area contributed by atoms with E-state index < -0.39 is 22.0 Å². The van der Waals surface area contributed by atoms with Gasteiger partial charge in [0.25, 0.3) is 0 Å². The summed E-state index contributed by atoms with van der Waals surface area (Å²) in [5.74, 6) is -0.493. The molecular weight excluding hydrogens is 704 g/mol. The lowest BCUT2D eigenvalue weighted by Gasteiger charge is -2.23. The van der Waals surface area contributed by atoms with Crippen molar-refractivity contribution in [2.24, 2.45) is 10.2 Å². The van der Waals surface area contributed by atoms with Crippen LogP contribution in [0.15, 0.2) is 39.4 Å². The first-order valence-electron chi connectivity index (χ1n) is 17.2. The number of benzene rings is 1. The molecule has 19 nitrogen and oxygen atoms in total. The van der Waals surface area contributed by atoms with Gasteiger partial charge in [-0.05, 0) is 49.4 Å². The fourth-order valence-electron chi connectivity index (χ4n) is 4.37. The Labute approximate surface area is 305 Å². The number of rotatable bonds is 33. The van der Waals surface area contributed by atoms with Crippen LogP contribution >= 0.6 is 0 Å². The highest BCUT2D eigenvalue weighted by atomic mass is 32.2. The van der Waals surface area contributed by atoms with Crippen molar-refractivity contribution in [3.63, 3.8) is 0 Å². The summed E-state index contributed by atoms with van der Waals surface area (Å²) in [7, 11) is -2.32. The highest BCUT2D eigenvalue weighted by molar-refractivity contribution is 7.91. The number of aryl methyl sites for hydroxylation is 1. The minimum atomic E-state index is -3.72. The standard InChI is InChI=1S/C32H54N8O11S/c1-28-7-9-30(10-8-28)52(43,44)27-29(51-32(42)35-2)5-3-4-6-31(41)40(13-17-47-21-25-49-23-19-45-15-11-36-38-33)14-18-48-22-26-50-24-20-46-16-12-37-39-34/h7-10,29H,3-6,11-27H2,1-2H3,(H,35,42). The van der Waals surface area contributed by atoms with Gasteiger partial charge in [-0.1, -0.05) is 27.9 Å². The molecule has 0 aliphatic carbocycles. The summed E-state index contributed by atoms with van der Waals surface area (Å²) < 4.78 is 64.2. The Balaban J connectivity index is 2.54. The van der Waals surface area contributed by atoms with Gasteiger partial charge < -0.3 is 43.4 Å². The molecule has 0 radical (unpaired) electrons. The van der Waals surface area contributed by atoms with Crippen LogP contribution in [0.2, 0.25) is 0 Å². The average molecular weight is 759 g/mol. The van der Waals surface area contributed by atoms with E-state index >= 15 is 0 Å². The molecule has 52 heavy (non-hydrogen) atoms. The lowest BCUT2D eigenvalue weighted by atomic mass is 10.1. The third-order valence-corrected chi connectivity index (χ3v) is 8.88. The number of amides is 2. The quantitative estimate of drug-likeness (QED) is 0.0469. The minimum absolute atomic E-state index is 0.119. The van der Waals surface area contributed by atoms with E-state index in [-0.39, 0.29) is 55.7 Å². The average Bonchev–Trinajstić information content (AvgIpc) is 3.13. The maximum Gasteiger partial charge on any atom is 0.407 e. The highest BCUT2D eigenvalue weighted by Crippen LogP contribution is 2.18. The van der Waals surface area contributed by atoms with Gasteiger partial charge in [0.15, 0.2) is 9.84 Å². The van der Waals surface area contributed by atoms with Gasteiger partial charge in [-0.15, -0.1) is 0 Å². The zero-order valence-corrected chi connectivity index (χ0v) is 31.1. The summed E-state index contributed by atoms with van der Waals surface area (Å²) >= 11 is 0. The summed E-state index contributed by atoms with van der Waals surface area (Å²) in [6.07, 6.45) is -0.256. The number of carbonyl (C=O) groups excluding carboxylic acids is 2. The Morgan fingerprint density at radius 3 is 1.67 bits per heavy atom. The predicted molar refractivity (Wildman–Crippen MR) is 191 cm³/mol. The van der Waals surface area contributed by atoms with E-state index in [4.69, 9.17) is 44.2 Å². The molecule has 1 aromatic rings. The molecule has 294 valence electrons. The second-order valence-electron chi connectivity index (χ2n) is 11.1. The molecule has 0 aromatic heterocycles. The number of hydrogen-bond donors (Lipinski definition) is 1. The number of alkyl carbamates (subject to hydrolysis) is 1.